The number of aliphatic hydroxyl groups excluding tert-OH is 1. The standard InChI is InChI=1S/C52H79N17O12/c1-26(2)41(67-46(77)37(66-44(75)27(3)22-40(54)73)24-30-25-62-33-11-7-6-10-32(30)33)48(79)68-42(28(4)70)49(80)63-34(12-8-20-60-51(56)57)45(76)64-35(18-19-39(53)72)50(81)69(5)38(13-9-21-61-52(58)59)47(78)65-36(43(55)74)23-29-14-16-31(71)17-15-29/h6-7,10-11,14-17,25-28,34-38,41-42,62,70-71H,8-9,12-13,18-24H2,1-5H3,(H2,53,72)(H2,54,73)(H2,55,74)(H,63,80)(H,64,76)(H,65,78)(H,66,75)(H,67,77)(H,68,79)(H4,56,57,60)(H4,58,59,61)/t27-,28+,34-,35?,36?,37?,38-,41-,42-/m0/s1. The predicted molar refractivity (Wildman–Crippen MR) is 299 cm³/mol. The molecule has 1 aromatic heterocycles. The van der Waals surface area contributed by atoms with E-state index >= 15 is 0 Å². The van der Waals surface area contributed by atoms with Gasteiger partial charge in [-0.3, -0.25) is 57.9 Å². The molecule has 0 bridgehead atoms. The van der Waals surface area contributed by atoms with Crippen LogP contribution in [0.15, 0.2) is 64.7 Å². The van der Waals surface area contributed by atoms with E-state index in [1.54, 1.807) is 26.1 Å². The molecule has 2 aromatic carbocycles. The molecule has 1 heterocycles. The molecule has 0 aliphatic heterocycles. The summed E-state index contributed by atoms with van der Waals surface area (Å²) < 4.78 is 0. The fourth-order valence-electron chi connectivity index (χ4n) is 8.48. The lowest BCUT2D eigenvalue weighted by Gasteiger charge is -2.32. The van der Waals surface area contributed by atoms with E-state index in [1.807, 2.05) is 18.2 Å². The van der Waals surface area contributed by atoms with E-state index in [-0.39, 0.29) is 75.7 Å². The van der Waals surface area contributed by atoms with Gasteiger partial charge in [0.2, 0.25) is 59.1 Å². The number of carbonyl (C=O) groups excluding carboxylic acids is 10. The molecule has 444 valence electrons. The van der Waals surface area contributed by atoms with Gasteiger partial charge in [-0.15, -0.1) is 0 Å². The fraction of sp³-hybridized carbons (Fsp3) is 0.500. The molecule has 81 heavy (non-hydrogen) atoms. The number of aliphatic imine (C=N–C) groups is 2. The van der Waals surface area contributed by atoms with Crippen molar-refractivity contribution in [3.05, 3.63) is 65.9 Å². The first kappa shape index (κ1) is 66.3. The number of fused-ring (bicyclic) bond motifs is 1. The van der Waals surface area contributed by atoms with Gasteiger partial charge in [0.15, 0.2) is 11.9 Å². The maximum absolute atomic E-state index is 14.5. The molecular weight excluding hydrogens is 1050 g/mol. The number of nitrogens with two attached hydrogens (primary N) is 7. The van der Waals surface area contributed by atoms with Crippen LogP contribution in [-0.2, 0) is 60.8 Å². The van der Waals surface area contributed by atoms with Gasteiger partial charge in [-0.05, 0) is 74.3 Å². The molecule has 0 spiro atoms. The van der Waals surface area contributed by atoms with Gasteiger partial charge in [0.25, 0.3) is 0 Å². The number of rotatable bonds is 34. The number of nitrogens with zero attached hydrogens (tertiary/aromatic N) is 3. The Morgan fingerprint density at radius 2 is 1.14 bits per heavy atom. The number of aromatic nitrogens is 1. The molecule has 0 aliphatic carbocycles. The topological polar surface area (TPSA) is 509 Å². The average Bonchev–Trinajstić information content (AvgIpc) is 3.91. The molecule has 3 aromatic rings. The predicted octanol–water partition coefficient (Wildman–Crippen LogP) is -4.20. The number of guanidine groups is 2. The zero-order valence-corrected chi connectivity index (χ0v) is 46.1. The molecule has 0 fully saturated rings. The SMILES string of the molecule is CC(C)[C@H](NC(=O)C(Cc1c[nH]c2ccccc12)NC(=O)[C@@H](C)CC(N)=O)C(=O)N[C@H](C(=O)N[C@@H](CCCN=C(N)N)C(=O)NC(CCC(N)=O)C(=O)N(C)[C@@H](CCCN=C(N)N)C(=O)NC(Cc1ccc(O)cc1)C(N)=O)[C@@H](C)O. The Kier molecular flexibility index (Phi) is 26.3. The van der Waals surface area contributed by atoms with E-state index in [4.69, 9.17) is 40.1 Å². The van der Waals surface area contributed by atoms with Gasteiger partial charge in [0.1, 0.15) is 48.0 Å². The highest BCUT2D eigenvalue weighted by Gasteiger charge is 2.38. The Hall–Kier alpha value is -9.02. The summed E-state index contributed by atoms with van der Waals surface area (Å²) in [6.45, 7) is 5.78. The van der Waals surface area contributed by atoms with Gasteiger partial charge in [-0.25, -0.2) is 0 Å². The summed E-state index contributed by atoms with van der Waals surface area (Å²) in [6.07, 6.45) is -1.52. The minimum atomic E-state index is -1.80. The number of hydrogen-bond donors (Lipinski definition) is 16. The van der Waals surface area contributed by atoms with Crippen molar-refractivity contribution in [3.8, 4) is 5.75 Å². The van der Waals surface area contributed by atoms with E-state index in [2.05, 4.69) is 46.9 Å². The molecule has 29 heteroatoms. The minimum absolute atomic E-state index is 0.0114. The van der Waals surface area contributed by atoms with Gasteiger partial charge in [-0.2, -0.15) is 0 Å². The second-order valence-electron chi connectivity index (χ2n) is 20.0. The van der Waals surface area contributed by atoms with Crippen LogP contribution >= 0.6 is 0 Å². The quantitative estimate of drug-likeness (QED) is 0.0153. The maximum atomic E-state index is 14.5. The van der Waals surface area contributed by atoms with Crippen molar-refractivity contribution in [2.45, 2.75) is 134 Å². The van der Waals surface area contributed by atoms with E-state index < -0.39 is 132 Å². The molecule has 29 nitrogen and oxygen atoms in total. The molecule has 10 amide bonds. The number of hydrogen-bond acceptors (Lipinski definition) is 14. The number of phenols is 1. The molecule has 0 aliphatic rings. The minimum Gasteiger partial charge on any atom is -0.508 e. The van der Waals surface area contributed by atoms with Crippen LogP contribution in [-0.4, -0.2) is 160 Å². The summed E-state index contributed by atoms with van der Waals surface area (Å²) in [4.78, 5) is 147. The molecule has 0 radical (unpaired) electrons. The summed E-state index contributed by atoms with van der Waals surface area (Å²) in [5.74, 6) is -11.0. The third kappa shape index (κ3) is 22.0. The summed E-state index contributed by atoms with van der Waals surface area (Å²) in [5, 5.41) is 36.9. The Labute approximate surface area is 468 Å². The number of benzene rings is 2. The summed E-state index contributed by atoms with van der Waals surface area (Å²) in [6, 6.07) is 2.64. The van der Waals surface area contributed by atoms with Gasteiger partial charge in [0, 0.05) is 68.8 Å². The number of phenolic OH excluding ortho intramolecular Hbond substituents is 1. The van der Waals surface area contributed by atoms with Crippen LogP contribution < -0.4 is 72.0 Å². The van der Waals surface area contributed by atoms with Crippen molar-refractivity contribution in [1.29, 1.82) is 0 Å². The maximum Gasteiger partial charge on any atom is 0.245 e. The van der Waals surface area contributed by atoms with Crippen molar-refractivity contribution < 1.29 is 58.2 Å². The molecular formula is C52H79N17O12. The number of aliphatic hydroxyl groups is 1. The van der Waals surface area contributed by atoms with Crippen molar-refractivity contribution >= 4 is 81.9 Å². The third-order valence-corrected chi connectivity index (χ3v) is 13.0. The highest BCUT2D eigenvalue weighted by molar-refractivity contribution is 5.98. The lowest BCUT2D eigenvalue weighted by atomic mass is 9.99. The van der Waals surface area contributed by atoms with E-state index in [0.717, 1.165) is 15.8 Å². The van der Waals surface area contributed by atoms with Crippen LogP contribution in [0, 0.1) is 11.8 Å². The van der Waals surface area contributed by atoms with E-state index in [0.29, 0.717) is 11.1 Å². The van der Waals surface area contributed by atoms with E-state index in [1.165, 1.54) is 45.2 Å². The molecule has 9 atom stereocenters. The zero-order valence-electron chi connectivity index (χ0n) is 46.1. The molecule has 3 rings (SSSR count). The number of carbonyl (C=O) groups is 10. The van der Waals surface area contributed by atoms with Crippen molar-refractivity contribution in [2.24, 2.45) is 62.0 Å². The van der Waals surface area contributed by atoms with Crippen LogP contribution in [0.25, 0.3) is 10.9 Å². The second-order valence-corrected chi connectivity index (χ2v) is 20.0. The van der Waals surface area contributed by atoms with Crippen molar-refractivity contribution in [3.63, 3.8) is 0 Å². The molecule has 23 N–H and O–H groups in total. The number of nitrogens with one attached hydrogen (secondary N) is 7. The van der Waals surface area contributed by atoms with Crippen LogP contribution in [0.4, 0.5) is 0 Å². The number of primary amides is 3. The third-order valence-electron chi connectivity index (χ3n) is 13.0. The number of para-hydroxylation sites is 1. The van der Waals surface area contributed by atoms with E-state index in [9.17, 15) is 58.2 Å². The summed E-state index contributed by atoms with van der Waals surface area (Å²) in [7, 11) is 1.24. The summed E-state index contributed by atoms with van der Waals surface area (Å²) in [5.41, 5.74) is 40.4. The highest BCUT2D eigenvalue weighted by atomic mass is 16.3. The molecule has 3 unspecified atom stereocenters. The largest absolute Gasteiger partial charge is 0.508 e. The van der Waals surface area contributed by atoms with Gasteiger partial charge >= 0.3 is 0 Å². The Balaban J connectivity index is 1.94. The number of aromatic amines is 1. The first-order valence-corrected chi connectivity index (χ1v) is 26.2. The smallest absolute Gasteiger partial charge is 0.245 e. The van der Waals surface area contributed by atoms with Crippen LogP contribution in [0.3, 0.4) is 0 Å². The van der Waals surface area contributed by atoms with Gasteiger partial charge in [-0.1, -0.05) is 51.1 Å². The zero-order chi connectivity index (χ0) is 60.7. The highest BCUT2D eigenvalue weighted by Crippen LogP contribution is 2.21. The van der Waals surface area contributed by atoms with Gasteiger partial charge in [0.05, 0.1) is 6.10 Å². The number of H-pyrrole nitrogens is 1. The average molecular weight is 1130 g/mol. The van der Waals surface area contributed by atoms with Gasteiger partial charge < -0.3 is 92.1 Å². The number of aromatic hydroxyl groups is 1. The Morgan fingerprint density at radius 1 is 0.593 bits per heavy atom. The van der Waals surface area contributed by atoms with Crippen molar-refractivity contribution in [1.82, 2.24) is 41.8 Å². The number of likely N-dealkylation sites (N-methyl/N-ethyl adjacent to an activating group) is 1. The Morgan fingerprint density at radius 3 is 1.70 bits per heavy atom. The summed E-state index contributed by atoms with van der Waals surface area (Å²) >= 11 is 0. The fourth-order valence-corrected chi connectivity index (χ4v) is 8.48. The number of amides is 10. The lowest BCUT2D eigenvalue weighted by molar-refractivity contribution is -0.143. The first-order chi connectivity index (χ1) is 38.1. The van der Waals surface area contributed by atoms with Crippen LogP contribution in [0.5, 0.6) is 5.75 Å². The second kappa shape index (κ2) is 32.2. The molecule has 0 saturated carbocycles. The van der Waals surface area contributed by atoms with Crippen LogP contribution in [0.1, 0.15) is 83.8 Å². The van der Waals surface area contributed by atoms with Crippen molar-refractivity contribution in [2.75, 3.05) is 20.1 Å². The van der Waals surface area contributed by atoms with Crippen LogP contribution in [0.2, 0.25) is 0 Å². The molecule has 0 saturated heterocycles. The lowest BCUT2D eigenvalue weighted by Crippen LogP contribution is -2.62. The Bertz CT molecular complexity index is 2740. The normalized spacial score (nSPS) is 14.4. The monoisotopic (exact) mass is 1130 g/mol. The first-order valence-electron chi connectivity index (χ1n) is 26.2.